The van der Waals surface area contributed by atoms with E-state index in [1.807, 2.05) is 35.2 Å². The molecule has 0 spiro atoms. The Bertz CT molecular complexity index is 821. The molecule has 160 valence electrons. The highest BCUT2D eigenvalue weighted by Gasteiger charge is 2.25. The number of rotatable bonds is 6. The van der Waals surface area contributed by atoms with Gasteiger partial charge in [-0.3, -0.25) is 4.90 Å². The average molecular weight is 410 g/mol. The number of amides is 2. The highest BCUT2D eigenvalue weighted by atomic mass is 16.5. The van der Waals surface area contributed by atoms with E-state index in [1.165, 1.54) is 11.1 Å². The summed E-state index contributed by atoms with van der Waals surface area (Å²) in [5.74, 6) is 0.879. The number of aliphatic hydroxyl groups is 1. The summed E-state index contributed by atoms with van der Waals surface area (Å²) >= 11 is 0. The summed E-state index contributed by atoms with van der Waals surface area (Å²) in [5, 5.41) is 13.3. The van der Waals surface area contributed by atoms with E-state index in [4.69, 9.17) is 4.74 Å². The predicted octanol–water partition coefficient (Wildman–Crippen LogP) is 2.66. The van der Waals surface area contributed by atoms with Crippen LogP contribution < -0.4 is 10.1 Å². The van der Waals surface area contributed by atoms with E-state index in [1.54, 1.807) is 0 Å². The highest BCUT2D eigenvalue weighted by molar-refractivity contribution is 5.74. The van der Waals surface area contributed by atoms with E-state index in [2.05, 4.69) is 34.5 Å². The van der Waals surface area contributed by atoms with Crippen molar-refractivity contribution in [2.24, 2.45) is 0 Å². The molecule has 30 heavy (non-hydrogen) atoms. The molecule has 1 fully saturated rings. The van der Waals surface area contributed by atoms with Crippen molar-refractivity contribution < 1.29 is 14.6 Å². The quantitative estimate of drug-likeness (QED) is 0.770. The van der Waals surface area contributed by atoms with Gasteiger partial charge in [-0.15, -0.1) is 0 Å². The molecule has 6 nitrogen and oxygen atoms in total. The Labute approximate surface area is 178 Å². The molecule has 0 saturated carbocycles. The third-order valence-corrected chi connectivity index (χ3v) is 5.94. The third-order valence-electron chi connectivity index (χ3n) is 5.94. The second-order valence-corrected chi connectivity index (χ2v) is 8.21. The van der Waals surface area contributed by atoms with Crippen LogP contribution in [0.15, 0.2) is 54.6 Å². The first-order chi connectivity index (χ1) is 14.7. The predicted molar refractivity (Wildman–Crippen MR) is 116 cm³/mol. The van der Waals surface area contributed by atoms with Gasteiger partial charge in [0, 0.05) is 52.1 Å². The second kappa shape index (κ2) is 9.96. The Morgan fingerprint density at radius 1 is 1.03 bits per heavy atom. The van der Waals surface area contributed by atoms with Crippen molar-refractivity contribution in [1.82, 2.24) is 15.1 Å². The van der Waals surface area contributed by atoms with Gasteiger partial charge in [0.1, 0.15) is 11.9 Å². The maximum absolute atomic E-state index is 12.5. The van der Waals surface area contributed by atoms with Crippen molar-refractivity contribution in [2.45, 2.75) is 38.0 Å². The molecule has 0 radical (unpaired) electrons. The van der Waals surface area contributed by atoms with Gasteiger partial charge >= 0.3 is 6.03 Å². The van der Waals surface area contributed by atoms with Gasteiger partial charge < -0.3 is 20.1 Å². The third kappa shape index (κ3) is 5.52. The van der Waals surface area contributed by atoms with Gasteiger partial charge in [-0.1, -0.05) is 42.5 Å². The van der Waals surface area contributed by atoms with Gasteiger partial charge in [-0.05, 0) is 29.7 Å². The molecular weight excluding hydrogens is 378 g/mol. The lowest BCUT2D eigenvalue weighted by Crippen LogP contribution is -2.49. The molecule has 0 bridgehead atoms. The number of carbonyl (C=O) groups is 1. The van der Waals surface area contributed by atoms with E-state index in [9.17, 15) is 9.90 Å². The van der Waals surface area contributed by atoms with E-state index < -0.39 is 6.10 Å². The van der Waals surface area contributed by atoms with Crippen molar-refractivity contribution in [3.63, 3.8) is 0 Å². The number of hydrogen-bond acceptors (Lipinski definition) is 4. The van der Waals surface area contributed by atoms with Crippen LogP contribution in [0, 0.1) is 0 Å². The Hall–Kier alpha value is -2.57. The fourth-order valence-corrected chi connectivity index (χ4v) is 4.26. The number of carbonyl (C=O) groups excluding carboxylic acids is 1. The first-order valence-corrected chi connectivity index (χ1v) is 10.9. The van der Waals surface area contributed by atoms with Gasteiger partial charge in [0.2, 0.25) is 0 Å². The summed E-state index contributed by atoms with van der Waals surface area (Å²) in [7, 11) is 0. The molecule has 0 aromatic heterocycles. The van der Waals surface area contributed by atoms with Crippen LogP contribution in [0.5, 0.6) is 5.75 Å². The Kier molecular flexibility index (Phi) is 6.87. The van der Waals surface area contributed by atoms with Crippen molar-refractivity contribution in [2.75, 3.05) is 32.7 Å². The van der Waals surface area contributed by atoms with Gasteiger partial charge in [0.05, 0.1) is 6.10 Å². The molecular formula is C24H31N3O3. The first kappa shape index (κ1) is 20.7. The molecule has 0 aliphatic carbocycles. The molecule has 1 unspecified atom stereocenters. The summed E-state index contributed by atoms with van der Waals surface area (Å²) < 4.78 is 5.99. The molecule has 2 aromatic rings. The summed E-state index contributed by atoms with van der Waals surface area (Å²) in [6, 6.07) is 18.2. The van der Waals surface area contributed by atoms with Crippen LogP contribution in [0.3, 0.4) is 0 Å². The summed E-state index contributed by atoms with van der Waals surface area (Å²) in [4.78, 5) is 16.5. The van der Waals surface area contributed by atoms with Crippen LogP contribution in [0.1, 0.15) is 24.0 Å². The van der Waals surface area contributed by atoms with Gasteiger partial charge in [0.15, 0.2) is 0 Å². The molecule has 2 aromatic carbocycles. The number of fused-ring (bicyclic) bond motifs is 1. The minimum absolute atomic E-state index is 0.101. The summed E-state index contributed by atoms with van der Waals surface area (Å²) in [6.07, 6.45) is 2.22. The zero-order chi connectivity index (χ0) is 20.8. The van der Waals surface area contributed by atoms with Gasteiger partial charge in [0.25, 0.3) is 0 Å². The average Bonchev–Trinajstić information content (AvgIpc) is 2.78. The number of hydrogen-bond donors (Lipinski definition) is 2. The standard InChI is InChI=1S/C24H31N3O3/c28-21(18-26-13-10-19-6-4-5-7-20(19)17-26)16-25-24(29)27-14-11-23(12-15-27)30-22-8-2-1-3-9-22/h1-9,21,23,28H,10-18H2,(H,25,29). The van der Waals surface area contributed by atoms with E-state index in [0.29, 0.717) is 19.6 Å². The normalized spacial score (nSPS) is 18.5. The summed E-state index contributed by atoms with van der Waals surface area (Å²) in [5.41, 5.74) is 2.73. The largest absolute Gasteiger partial charge is 0.490 e. The van der Waals surface area contributed by atoms with E-state index in [-0.39, 0.29) is 18.7 Å². The molecule has 2 N–H and O–H groups in total. The number of nitrogens with one attached hydrogen (secondary N) is 1. The SMILES string of the molecule is O=C(NCC(O)CN1CCc2ccccc2C1)N1CCC(Oc2ccccc2)CC1. The fraction of sp³-hybridized carbons (Fsp3) is 0.458. The number of urea groups is 1. The van der Waals surface area contributed by atoms with Crippen LogP contribution in [0.2, 0.25) is 0 Å². The molecule has 2 heterocycles. The number of aliphatic hydroxyl groups excluding tert-OH is 1. The monoisotopic (exact) mass is 409 g/mol. The number of para-hydroxylation sites is 1. The van der Waals surface area contributed by atoms with Crippen LogP contribution in [0.4, 0.5) is 4.79 Å². The van der Waals surface area contributed by atoms with Crippen LogP contribution in [-0.2, 0) is 13.0 Å². The number of ether oxygens (including phenoxy) is 1. The van der Waals surface area contributed by atoms with Crippen LogP contribution in [-0.4, -0.2) is 65.9 Å². The van der Waals surface area contributed by atoms with Crippen molar-refractivity contribution in [1.29, 1.82) is 0 Å². The summed E-state index contributed by atoms with van der Waals surface area (Å²) in [6.45, 7) is 3.98. The Morgan fingerprint density at radius 3 is 2.50 bits per heavy atom. The lowest BCUT2D eigenvalue weighted by atomic mass is 10.00. The second-order valence-electron chi connectivity index (χ2n) is 8.21. The number of piperidine rings is 1. The smallest absolute Gasteiger partial charge is 0.317 e. The first-order valence-electron chi connectivity index (χ1n) is 10.9. The maximum Gasteiger partial charge on any atom is 0.317 e. The van der Waals surface area contributed by atoms with Crippen LogP contribution >= 0.6 is 0 Å². The zero-order valence-electron chi connectivity index (χ0n) is 17.4. The topological polar surface area (TPSA) is 65.0 Å². The van der Waals surface area contributed by atoms with Crippen molar-refractivity contribution >= 4 is 6.03 Å². The Morgan fingerprint density at radius 2 is 1.73 bits per heavy atom. The van der Waals surface area contributed by atoms with E-state index in [0.717, 1.165) is 38.1 Å². The molecule has 6 heteroatoms. The van der Waals surface area contributed by atoms with E-state index >= 15 is 0 Å². The minimum atomic E-state index is -0.571. The van der Waals surface area contributed by atoms with Crippen LogP contribution in [0.25, 0.3) is 0 Å². The van der Waals surface area contributed by atoms with Gasteiger partial charge in [-0.2, -0.15) is 0 Å². The highest BCUT2D eigenvalue weighted by Crippen LogP contribution is 2.19. The number of benzene rings is 2. The molecule has 2 amide bonds. The minimum Gasteiger partial charge on any atom is -0.490 e. The van der Waals surface area contributed by atoms with Crippen molar-refractivity contribution in [3.05, 3.63) is 65.7 Å². The number of likely N-dealkylation sites (tertiary alicyclic amines) is 1. The molecule has 1 atom stereocenters. The maximum atomic E-state index is 12.5. The Balaban J connectivity index is 1.15. The number of nitrogens with zero attached hydrogens (tertiary/aromatic N) is 2. The van der Waals surface area contributed by atoms with Gasteiger partial charge in [-0.25, -0.2) is 4.79 Å². The zero-order valence-corrected chi connectivity index (χ0v) is 17.4. The van der Waals surface area contributed by atoms with Crippen molar-refractivity contribution in [3.8, 4) is 5.75 Å². The molecule has 2 aliphatic rings. The molecule has 4 rings (SSSR count). The molecule has 1 saturated heterocycles. The molecule has 2 aliphatic heterocycles. The fourth-order valence-electron chi connectivity index (χ4n) is 4.26. The number of β-amino-alcohol motifs (C(OH)–C–C–N with tert-alkyl or cyclic N) is 1. The lowest BCUT2D eigenvalue weighted by Gasteiger charge is -2.33. The lowest BCUT2D eigenvalue weighted by molar-refractivity contribution is 0.0949.